The first-order valence-corrected chi connectivity index (χ1v) is 8.28. The van der Waals surface area contributed by atoms with Crippen molar-refractivity contribution in [3.63, 3.8) is 0 Å². The zero-order valence-corrected chi connectivity index (χ0v) is 14.1. The highest BCUT2D eigenvalue weighted by Crippen LogP contribution is 2.27. The third-order valence-corrected chi connectivity index (χ3v) is 4.37. The summed E-state index contributed by atoms with van der Waals surface area (Å²) in [6.45, 7) is 5.86. The number of thioether (sulfide) groups is 1. The second-order valence-electron chi connectivity index (χ2n) is 5.53. The predicted octanol–water partition coefficient (Wildman–Crippen LogP) is 4.96. The minimum absolute atomic E-state index is 0.231. The minimum atomic E-state index is -0.917. The van der Waals surface area contributed by atoms with Crippen LogP contribution in [0.2, 0.25) is 0 Å². The van der Waals surface area contributed by atoms with Crippen molar-refractivity contribution in [2.75, 3.05) is 0 Å². The molecule has 23 heavy (non-hydrogen) atoms. The highest BCUT2D eigenvalue weighted by Gasteiger charge is 2.16. The average molecular weight is 335 g/mol. The summed E-state index contributed by atoms with van der Waals surface area (Å²) >= 11 is 1.61. The van der Waals surface area contributed by atoms with Crippen molar-refractivity contribution in [2.24, 2.45) is 0 Å². The predicted molar refractivity (Wildman–Crippen MR) is 89.7 cm³/mol. The van der Waals surface area contributed by atoms with Gasteiger partial charge in [-0.2, -0.15) is 0 Å². The van der Waals surface area contributed by atoms with Crippen molar-refractivity contribution in [2.45, 2.75) is 37.0 Å². The molecule has 0 heterocycles. The maximum Gasteiger partial charge on any atom is 0.252 e. The van der Waals surface area contributed by atoms with Crippen LogP contribution in [-0.4, -0.2) is 11.2 Å². The summed E-state index contributed by atoms with van der Waals surface area (Å²) in [5.74, 6) is -2.05. The van der Waals surface area contributed by atoms with E-state index in [4.69, 9.17) is 0 Å². The summed E-state index contributed by atoms with van der Waals surface area (Å²) in [6.07, 6.45) is 0. The molecule has 1 amide bonds. The molecular formula is C18H19F2NOS. The van der Waals surface area contributed by atoms with Crippen LogP contribution in [0.25, 0.3) is 0 Å². The summed E-state index contributed by atoms with van der Waals surface area (Å²) in [5.41, 5.74) is 1.10. The average Bonchev–Trinajstić information content (AvgIpc) is 2.49. The van der Waals surface area contributed by atoms with Crippen LogP contribution in [0.4, 0.5) is 8.78 Å². The van der Waals surface area contributed by atoms with Crippen LogP contribution >= 0.6 is 11.8 Å². The Labute approximate surface area is 139 Å². The van der Waals surface area contributed by atoms with Crippen LogP contribution in [0.15, 0.2) is 47.4 Å². The molecule has 0 saturated heterocycles. The van der Waals surface area contributed by atoms with Gasteiger partial charge in [-0.1, -0.05) is 32.0 Å². The van der Waals surface area contributed by atoms with E-state index >= 15 is 0 Å². The van der Waals surface area contributed by atoms with Gasteiger partial charge in [-0.15, -0.1) is 11.8 Å². The van der Waals surface area contributed by atoms with E-state index in [9.17, 15) is 13.6 Å². The summed E-state index contributed by atoms with van der Waals surface area (Å²) in [6, 6.07) is 10.6. The molecule has 5 heteroatoms. The molecule has 0 aromatic heterocycles. The SMILES string of the molecule is CC(C)Sc1ccccc1C(=O)NC(C)c1ccc(F)c(F)c1. The largest absolute Gasteiger partial charge is 0.345 e. The Kier molecular flexibility index (Phi) is 5.77. The van der Waals surface area contributed by atoms with E-state index in [1.165, 1.54) is 6.07 Å². The standard InChI is InChI=1S/C18H19F2NOS/c1-11(2)23-17-7-5-4-6-14(17)18(22)21-12(3)13-8-9-15(19)16(20)10-13/h4-12H,1-3H3,(H,21,22). The van der Waals surface area contributed by atoms with Crippen LogP contribution in [0, 0.1) is 11.6 Å². The van der Waals surface area contributed by atoms with Gasteiger partial charge in [0.2, 0.25) is 0 Å². The number of nitrogens with one attached hydrogen (secondary N) is 1. The molecule has 2 rings (SSSR count). The maximum absolute atomic E-state index is 13.3. The maximum atomic E-state index is 13.3. The van der Waals surface area contributed by atoms with Crippen LogP contribution in [-0.2, 0) is 0 Å². The Hall–Kier alpha value is -1.88. The third kappa shape index (κ3) is 4.55. The molecule has 1 N–H and O–H groups in total. The number of carbonyl (C=O) groups is 1. The molecule has 0 fully saturated rings. The second-order valence-corrected chi connectivity index (χ2v) is 7.15. The van der Waals surface area contributed by atoms with E-state index < -0.39 is 17.7 Å². The van der Waals surface area contributed by atoms with Gasteiger partial charge in [0.05, 0.1) is 11.6 Å². The lowest BCUT2D eigenvalue weighted by molar-refractivity contribution is 0.0937. The van der Waals surface area contributed by atoms with Crippen molar-refractivity contribution in [1.29, 1.82) is 0 Å². The molecule has 0 saturated carbocycles. The first-order valence-electron chi connectivity index (χ1n) is 7.40. The molecule has 0 spiro atoms. The number of hydrogen-bond acceptors (Lipinski definition) is 2. The molecule has 2 aromatic carbocycles. The van der Waals surface area contributed by atoms with Crippen LogP contribution < -0.4 is 5.32 Å². The van der Waals surface area contributed by atoms with Gasteiger partial charge < -0.3 is 5.32 Å². The van der Waals surface area contributed by atoms with E-state index in [-0.39, 0.29) is 5.91 Å². The molecule has 1 unspecified atom stereocenters. The Balaban J connectivity index is 2.16. The first kappa shape index (κ1) is 17.5. The Morgan fingerprint density at radius 2 is 1.74 bits per heavy atom. The number of rotatable bonds is 5. The molecule has 0 aliphatic carbocycles. The van der Waals surface area contributed by atoms with Gasteiger partial charge in [0.1, 0.15) is 0 Å². The monoisotopic (exact) mass is 335 g/mol. The van der Waals surface area contributed by atoms with E-state index in [1.807, 2.05) is 18.2 Å². The highest BCUT2D eigenvalue weighted by molar-refractivity contribution is 8.00. The fourth-order valence-electron chi connectivity index (χ4n) is 2.15. The summed E-state index contributed by atoms with van der Waals surface area (Å²) in [5, 5.41) is 3.19. The van der Waals surface area contributed by atoms with Gasteiger partial charge in [0, 0.05) is 10.1 Å². The first-order chi connectivity index (χ1) is 10.9. The van der Waals surface area contributed by atoms with E-state index in [1.54, 1.807) is 24.8 Å². The van der Waals surface area contributed by atoms with Gasteiger partial charge in [-0.25, -0.2) is 8.78 Å². The number of halogens is 2. The molecule has 0 radical (unpaired) electrons. The summed E-state index contributed by atoms with van der Waals surface area (Å²) < 4.78 is 26.3. The zero-order valence-electron chi connectivity index (χ0n) is 13.3. The fraction of sp³-hybridized carbons (Fsp3) is 0.278. The van der Waals surface area contributed by atoms with E-state index in [0.29, 0.717) is 16.4 Å². The van der Waals surface area contributed by atoms with Gasteiger partial charge >= 0.3 is 0 Å². The molecule has 2 aromatic rings. The zero-order chi connectivity index (χ0) is 17.0. The number of amides is 1. The van der Waals surface area contributed by atoms with Crippen molar-refractivity contribution < 1.29 is 13.6 Å². The van der Waals surface area contributed by atoms with Gasteiger partial charge in [0.15, 0.2) is 11.6 Å². The molecule has 0 bridgehead atoms. The quantitative estimate of drug-likeness (QED) is 0.783. The lowest BCUT2D eigenvalue weighted by atomic mass is 10.1. The van der Waals surface area contributed by atoms with Crippen molar-refractivity contribution in [3.8, 4) is 0 Å². The van der Waals surface area contributed by atoms with Gasteiger partial charge in [-0.3, -0.25) is 4.79 Å². The van der Waals surface area contributed by atoms with Gasteiger partial charge in [0.25, 0.3) is 5.91 Å². The fourth-order valence-corrected chi connectivity index (χ4v) is 3.10. The molecule has 1 atom stereocenters. The minimum Gasteiger partial charge on any atom is -0.345 e. The Morgan fingerprint density at radius 3 is 2.39 bits per heavy atom. The van der Waals surface area contributed by atoms with Crippen molar-refractivity contribution in [1.82, 2.24) is 5.32 Å². The van der Waals surface area contributed by atoms with Crippen LogP contribution in [0.3, 0.4) is 0 Å². The molecule has 0 aliphatic heterocycles. The summed E-state index contributed by atoms with van der Waals surface area (Å²) in [4.78, 5) is 13.4. The van der Waals surface area contributed by atoms with Crippen molar-refractivity contribution >= 4 is 17.7 Å². The summed E-state index contributed by atoms with van der Waals surface area (Å²) in [7, 11) is 0. The van der Waals surface area contributed by atoms with E-state index in [2.05, 4.69) is 19.2 Å². The Bertz CT molecular complexity index is 703. The van der Waals surface area contributed by atoms with Crippen LogP contribution in [0.1, 0.15) is 42.7 Å². The number of hydrogen-bond donors (Lipinski definition) is 1. The third-order valence-electron chi connectivity index (χ3n) is 3.29. The highest BCUT2D eigenvalue weighted by atomic mass is 32.2. The Morgan fingerprint density at radius 1 is 1.04 bits per heavy atom. The molecule has 122 valence electrons. The molecular weight excluding hydrogens is 316 g/mol. The van der Waals surface area contributed by atoms with Crippen molar-refractivity contribution in [3.05, 3.63) is 65.2 Å². The van der Waals surface area contributed by atoms with E-state index in [0.717, 1.165) is 17.0 Å². The lowest BCUT2D eigenvalue weighted by Gasteiger charge is -2.16. The normalized spacial score (nSPS) is 12.3. The van der Waals surface area contributed by atoms with Crippen LogP contribution in [0.5, 0.6) is 0 Å². The number of benzene rings is 2. The van der Waals surface area contributed by atoms with Gasteiger partial charge in [-0.05, 0) is 36.8 Å². The number of carbonyl (C=O) groups excluding carboxylic acids is 1. The molecule has 0 aliphatic rings. The topological polar surface area (TPSA) is 29.1 Å². The second kappa shape index (κ2) is 7.59. The smallest absolute Gasteiger partial charge is 0.252 e. The molecule has 2 nitrogen and oxygen atoms in total. The lowest BCUT2D eigenvalue weighted by Crippen LogP contribution is -2.27.